The van der Waals surface area contributed by atoms with Gasteiger partial charge in [-0.15, -0.1) is 6.42 Å². The summed E-state index contributed by atoms with van der Waals surface area (Å²) in [4.78, 5) is 15.6. The number of rotatable bonds is 3. The van der Waals surface area contributed by atoms with Crippen molar-refractivity contribution in [3.63, 3.8) is 0 Å². The summed E-state index contributed by atoms with van der Waals surface area (Å²) in [5.74, 6) is 2.41. The van der Waals surface area contributed by atoms with Crippen LogP contribution in [0.2, 0.25) is 0 Å². The van der Waals surface area contributed by atoms with Crippen LogP contribution in [0.15, 0.2) is 18.2 Å². The summed E-state index contributed by atoms with van der Waals surface area (Å²) in [6, 6.07) is 4.63. The van der Waals surface area contributed by atoms with E-state index in [0.717, 1.165) is 0 Å². The predicted octanol–water partition coefficient (Wildman–Crippen LogP) is 0.658. The van der Waals surface area contributed by atoms with Gasteiger partial charge in [-0.25, -0.2) is 4.79 Å². The first kappa shape index (κ1) is 24.4. The molecule has 142 valence electrons. The molecule has 0 aromatic heterocycles. The molecular formula is C18H23BF3KN2O2. The third-order valence-corrected chi connectivity index (χ3v) is 3.91. The zero-order valence-electron chi connectivity index (χ0n) is 16.3. The molecule has 0 spiro atoms. The van der Waals surface area contributed by atoms with Crippen molar-refractivity contribution >= 4 is 18.8 Å². The molecule has 1 fully saturated rings. The molecule has 9 heteroatoms. The summed E-state index contributed by atoms with van der Waals surface area (Å²) in [5.41, 5.74) is 0.674. The SMILES string of the molecule is C#Cc1cc(C[B-](F)(F)F)cc(N2CCN(C(=O)OC(C)(C)C)CC2)c1.[K+]. The minimum Gasteiger partial charge on any atom is -0.449 e. The van der Waals surface area contributed by atoms with Gasteiger partial charge in [0.1, 0.15) is 5.60 Å². The van der Waals surface area contributed by atoms with Crippen LogP contribution in [0.1, 0.15) is 31.9 Å². The number of hydrogen-bond acceptors (Lipinski definition) is 3. The Morgan fingerprint density at radius 3 is 2.26 bits per heavy atom. The maximum absolute atomic E-state index is 12.8. The fourth-order valence-electron chi connectivity index (χ4n) is 2.80. The van der Waals surface area contributed by atoms with Gasteiger partial charge in [0.05, 0.1) is 0 Å². The van der Waals surface area contributed by atoms with E-state index >= 15 is 0 Å². The number of halogens is 3. The van der Waals surface area contributed by atoms with Crippen LogP contribution >= 0.6 is 0 Å². The number of anilines is 1. The maximum atomic E-state index is 12.8. The van der Waals surface area contributed by atoms with Crippen LogP contribution in [0.25, 0.3) is 0 Å². The fraction of sp³-hybridized carbons (Fsp3) is 0.500. The molecule has 1 amide bonds. The molecule has 0 bridgehead atoms. The van der Waals surface area contributed by atoms with Gasteiger partial charge in [0.15, 0.2) is 0 Å². The number of nitrogens with zero attached hydrogens (tertiary/aromatic N) is 2. The average molecular weight is 406 g/mol. The topological polar surface area (TPSA) is 32.8 Å². The molecule has 2 rings (SSSR count). The molecule has 0 radical (unpaired) electrons. The Kier molecular flexibility index (Phi) is 8.76. The number of piperazine rings is 1. The Bertz CT molecular complexity index is 706. The standard InChI is InChI=1S/C18H23BF3N2O2.K/c1-5-14-10-15(13-19(20,21)22)12-16(11-14)23-6-8-24(9-7-23)17(25)26-18(2,3)4;/h1,10-12H,6-9,13H2,2-4H3;/q-1;+1. The monoisotopic (exact) mass is 406 g/mol. The van der Waals surface area contributed by atoms with Crippen molar-refractivity contribution in [3.05, 3.63) is 29.3 Å². The summed E-state index contributed by atoms with van der Waals surface area (Å²) in [6.45, 7) is 2.36. The second-order valence-corrected chi connectivity index (χ2v) is 7.40. The van der Waals surface area contributed by atoms with Crippen molar-refractivity contribution in [2.75, 3.05) is 31.1 Å². The number of benzene rings is 1. The van der Waals surface area contributed by atoms with E-state index < -0.39 is 18.9 Å². The maximum Gasteiger partial charge on any atom is 1.00 e. The first-order valence-electron chi connectivity index (χ1n) is 8.51. The van der Waals surface area contributed by atoms with Crippen LogP contribution < -0.4 is 56.3 Å². The zero-order chi connectivity index (χ0) is 19.5. The number of ether oxygens (including phenoxy) is 1. The van der Waals surface area contributed by atoms with Gasteiger partial charge < -0.3 is 27.5 Å². The molecule has 4 nitrogen and oxygen atoms in total. The molecule has 0 N–H and O–H groups in total. The van der Waals surface area contributed by atoms with Crippen LogP contribution in [-0.2, 0) is 11.1 Å². The Balaban J connectivity index is 0.00000364. The second kappa shape index (κ2) is 9.70. The fourth-order valence-corrected chi connectivity index (χ4v) is 2.80. The third-order valence-electron chi connectivity index (χ3n) is 3.91. The Morgan fingerprint density at radius 2 is 1.78 bits per heavy atom. The van der Waals surface area contributed by atoms with E-state index in [1.54, 1.807) is 31.7 Å². The Hall–Kier alpha value is -0.659. The van der Waals surface area contributed by atoms with Crippen molar-refractivity contribution in [1.82, 2.24) is 4.90 Å². The summed E-state index contributed by atoms with van der Waals surface area (Å²) < 4.78 is 43.6. The van der Waals surface area contributed by atoms with Crippen LogP contribution in [0.5, 0.6) is 0 Å². The summed E-state index contributed by atoms with van der Waals surface area (Å²) in [7, 11) is 0. The predicted molar refractivity (Wildman–Crippen MR) is 97.2 cm³/mol. The third kappa shape index (κ3) is 8.08. The van der Waals surface area contributed by atoms with Crippen molar-refractivity contribution in [2.24, 2.45) is 0 Å². The van der Waals surface area contributed by atoms with Crippen molar-refractivity contribution in [3.8, 4) is 12.3 Å². The van der Waals surface area contributed by atoms with E-state index in [1.807, 2.05) is 4.90 Å². The van der Waals surface area contributed by atoms with E-state index in [-0.39, 0.29) is 63.0 Å². The molecule has 0 saturated carbocycles. The molecule has 0 atom stereocenters. The molecule has 0 aliphatic carbocycles. The molecule has 1 saturated heterocycles. The average Bonchev–Trinajstić information content (AvgIpc) is 2.51. The van der Waals surface area contributed by atoms with Crippen molar-refractivity contribution in [2.45, 2.75) is 32.7 Å². The number of hydrogen-bond donors (Lipinski definition) is 0. The first-order valence-corrected chi connectivity index (χ1v) is 8.51. The van der Waals surface area contributed by atoms with Crippen molar-refractivity contribution < 1.29 is 73.9 Å². The molecule has 1 aromatic rings. The van der Waals surface area contributed by atoms with E-state index in [9.17, 15) is 17.7 Å². The van der Waals surface area contributed by atoms with Crippen LogP contribution in [0, 0.1) is 12.3 Å². The number of terminal acetylenes is 1. The van der Waals surface area contributed by atoms with Gasteiger partial charge >= 0.3 is 64.5 Å². The summed E-state index contributed by atoms with van der Waals surface area (Å²) >= 11 is 0. The van der Waals surface area contributed by atoms with Crippen LogP contribution in [-0.4, -0.2) is 49.8 Å². The molecule has 27 heavy (non-hydrogen) atoms. The first-order chi connectivity index (χ1) is 12.0. The van der Waals surface area contributed by atoms with Gasteiger partial charge in [0, 0.05) is 37.4 Å². The van der Waals surface area contributed by atoms with Gasteiger partial charge in [0.25, 0.3) is 0 Å². The minimum absolute atomic E-state index is 0. The van der Waals surface area contributed by atoms with E-state index in [1.165, 1.54) is 12.1 Å². The van der Waals surface area contributed by atoms with Gasteiger partial charge in [-0.05, 0) is 39.0 Å². The van der Waals surface area contributed by atoms with E-state index in [2.05, 4.69) is 5.92 Å². The second-order valence-electron chi connectivity index (χ2n) is 7.40. The normalized spacial score (nSPS) is 15.0. The molecular weight excluding hydrogens is 383 g/mol. The van der Waals surface area contributed by atoms with E-state index in [4.69, 9.17) is 11.2 Å². The summed E-state index contributed by atoms with van der Waals surface area (Å²) in [5, 5.41) is 0. The van der Waals surface area contributed by atoms with Gasteiger partial charge in [-0.2, -0.15) is 0 Å². The van der Waals surface area contributed by atoms with E-state index in [0.29, 0.717) is 37.4 Å². The van der Waals surface area contributed by atoms with Gasteiger partial charge in [0.2, 0.25) is 0 Å². The van der Waals surface area contributed by atoms with Crippen LogP contribution in [0.3, 0.4) is 0 Å². The number of carbonyl (C=O) groups is 1. The Morgan fingerprint density at radius 1 is 1.19 bits per heavy atom. The Labute approximate surface area is 201 Å². The van der Waals surface area contributed by atoms with Crippen LogP contribution in [0.4, 0.5) is 23.4 Å². The smallest absolute Gasteiger partial charge is 0.449 e. The van der Waals surface area contributed by atoms with Gasteiger partial charge in [-0.1, -0.05) is 17.8 Å². The largest absolute Gasteiger partial charge is 1.00 e. The number of amides is 1. The molecule has 0 unspecified atom stereocenters. The summed E-state index contributed by atoms with van der Waals surface area (Å²) in [6.07, 6.45) is 4.05. The quantitative estimate of drug-likeness (QED) is 0.546. The molecule has 1 aromatic carbocycles. The molecule has 1 heterocycles. The molecule has 1 aliphatic heterocycles. The van der Waals surface area contributed by atoms with Crippen molar-refractivity contribution in [1.29, 1.82) is 0 Å². The molecule has 1 aliphatic rings. The number of carbonyl (C=O) groups excluding carboxylic acids is 1. The van der Waals surface area contributed by atoms with Gasteiger partial charge in [-0.3, -0.25) is 0 Å². The zero-order valence-corrected chi connectivity index (χ0v) is 19.4. The minimum atomic E-state index is -4.93.